The van der Waals surface area contributed by atoms with Crippen molar-refractivity contribution in [1.82, 2.24) is 19.8 Å². The molecule has 2 aromatic carbocycles. The molecule has 0 aliphatic carbocycles. The van der Waals surface area contributed by atoms with E-state index >= 15 is 0 Å². The predicted molar refractivity (Wildman–Crippen MR) is 123 cm³/mol. The van der Waals surface area contributed by atoms with Crippen LogP contribution >= 0.6 is 15.9 Å². The maximum Gasteiger partial charge on any atom is 0.261 e. The third-order valence-electron chi connectivity index (χ3n) is 5.25. The molecule has 0 radical (unpaired) electrons. The molecule has 0 unspecified atom stereocenters. The molecule has 0 saturated carbocycles. The van der Waals surface area contributed by atoms with Gasteiger partial charge in [0.05, 0.1) is 17.2 Å². The van der Waals surface area contributed by atoms with E-state index in [0.29, 0.717) is 24.0 Å². The van der Waals surface area contributed by atoms with Gasteiger partial charge in [-0.1, -0.05) is 54.0 Å². The normalized spacial score (nSPS) is 11.2. The Labute approximate surface area is 185 Å². The lowest BCUT2D eigenvalue weighted by molar-refractivity contribution is -0.121. The molecule has 1 N–H and O–H groups in total. The van der Waals surface area contributed by atoms with Crippen molar-refractivity contribution in [2.45, 2.75) is 39.9 Å². The van der Waals surface area contributed by atoms with E-state index in [0.717, 1.165) is 29.7 Å². The first-order chi connectivity index (χ1) is 14.5. The molecule has 3 aromatic rings. The Bertz CT molecular complexity index is 1080. The highest BCUT2D eigenvalue weighted by Gasteiger charge is 2.10. The van der Waals surface area contributed by atoms with Crippen LogP contribution in [0.15, 0.2) is 58.1 Å². The molecule has 0 aliphatic heterocycles. The van der Waals surface area contributed by atoms with Crippen molar-refractivity contribution in [3.8, 4) is 0 Å². The zero-order valence-corrected chi connectivity index (χ0v) is 19.0. The molecular weight excluding hydrogens is 444 g/mol. The van der Waals surface area contributed by atoms with Gasteiger partial charge in [0, 0.05) is 30.5 Å². The van der Waals surface area contributed by atoms with Gasteiger partial charge in [0.2, 0.25) is 5.91 Å². The lowest BCUT2D eigenvalue weighted by Crippen LogP contribution is -2.28. The Morgan fingerprint density at radius 1 is 1.13 bits per heavy atom. The summed E-state index contributed by atoms with van der Waals surface area (Å²) < 4.78 is 2.32. The average molecular weight is 471 g/mol. The Kier molecular flexibility index (Phi) is 7.76. The molecule has 158 valence electrons. The standard InChI is InChI=1S/C23H27BrN4O2/c1-3-27(4-2)15-18-8-6-5-7-17(18)14-25-22(29)11-12-28-16-26-21-10-9-19(24)13-20(21)23(28)30/h5-10,13,16H,3-4,11-12,14-15H2,1-2H3,(H,25,29). The summed E-state index contributed by atoms with van der Waals surface area (Å²) in [5.41, 5.74) is 2.85. The number of nitrogens with zero attached hydrogens (tertiary/aromatic N) is 3. The van der Waals surface area contributed by atoms with Gasteiger partial charge in [-0.3, -0.25) is 19.1 Å². The number of carbonyl (C=O) groups excluding carboxylic acids is 1. The van der Waals surface area contributed by atoms with Gasteiger partial charge in [-0.25, -0.2) is 4.98 Å². The summed E-state index contributed by atoms with van der Waals surface area (Å²) in [6, 6.07) is 13.6. The summed E-state index contributed by atoms with van der Waals surface area (Å²) >= 11 is 3.38. The smallest absolute Gasteiger partial charge is 0.261 e. The number of rotatable bonds is 9. The predicted octanol–water partition coefficient (Wildman–Crippen LogP) is 3.71. The van der Waals surface area contributed by atoms with Gasteiger partial charge < -0.3 is 5.32 Å². The molecule has 6 nitrogen and oxygen atoms in total. The maximum absolute atomic E-state index is 12.6. The van der Waals surface area contributed by atoms with E-state index in [9.17, 15) is 9.59 Å². The Hall–Kier alpha value is -2.51. The molecule has 7 heteroatoms. The van der Waals surface area contributed by atoms with Gasteiger partial charge in [0.15, 0.2) is 0 Å². The molecule has 0 fully saturated rings. The number of benzene rings is 2. The van der Waals surface area contributed by atoms with Crippen molar-refractivity contribution in [3.05, 3.63) is 74.7 Å². The fraction of sp³-hybridized carbons (Fsp3) is 0.348. The average Bonchev–Trinajstić information content (AvgIpc) is 2.76. The lowest BCUT2D eigenvalue weighted by Gasteiger charge is -2.20. The van der Waals surface area contributed by atoms with Crippen LogP contribution in [0, 0.1) is 0 Å². The first kappa shape index (κ1) is 22.2. The van der Waals surface area contributed by atoms with Crippen LogP contribution in [0.1, 0.15) is 31.4 Å². The van der Waals surface area contributed by atoms with Crippen molar-refractivity contribution in [2.75, 3.05) is 13.1 Å². The Morgan fingerprint density at radius 2 is 1.87 bits per heavy atom. The van der Waals surface area contributed by atoms with Gasteiger partial charge in [-0.2, -0.15) is 0 Å². The monoisotopic (exact) mass is 470 g/mol. The van der Waals surface area contributed by atoms with Gasteiger partial charge in [-0.05, 0) is 42.4 Å². The lowest BCUT2D eigenvalue weighted by atomic mass is 10.1. The van der Waals surface area contributed by atoms with Crippen LogP contribution in [0.3, 0.4) is 0 Å². The second kappa shape index (κ2) is 10.5. The molecule has 0 aliphatic rings. The van der Waals surface area contributed by atoms with Gasteiger partial charge in [0.1, 0.15) is 0 Å². The summed E-state index contributed by atoms with van der Waals surface area (Å²) in [6.07, 6.45) is 1.73. The first-order valence-electron chi connectivity index (χ1n) is 10.2. The number of carbonyl (C=O) groups is 1. The second-order valence-electron chi connectivity index (χ2n) is 7.16. The number of amides is 1. The highest BCUT2D eigenvalue weighted by molar-refractivity contribution is 9.10. The fourth-order valence-electron chi connectivity index (χ4n) is 3.37. The van der Waals surface area contributed by atoms with Crippen LogP contribution in [-0.2, 0) is 24.4 Å². The van der Waals surface area contributed by atoms with Crippen LogP contribution in [0.25, 0.3) is 10.9 Å². The maximum atomic E-state index is 12.6. The minimum Gasteiger partial charge on any atom is -0.352 e. The van der Waals surface area contributed by atoms with Crippen LogP contribution in [-0.4, -0.2) is 33.4 Å². The minimum absolute atomic E-state index is 0.0890. The number of halogens is 1. The molecule has 1 aromatic heterocycles. The fourth-order valence-corrected chi connectivity index (χ4v) is 3.73. The summed E-state index contributed by atoms with van der Waals surface area (Å²) in [4.78, 5) is 31.7. The van der Waals surface area contributed by atoms with Crippen molar-refractivity contribution >= 4 is 32.7 Å². The molecule has 0 bridgehead atoms. The molecule has 0 spiro atoms. The number of aromatic nitrogens is 2. The van der Waals surface area contributed by atoms with Crippen LogP contribution in [0.2, 0.25) is 0 Å². The largest absolute Gasteiger partial charge is 0.352 e. The topological polar surface area (TPSA) is 67.2 Å². The van der Waals surface area contributed by atoms with Crippen molar-refractivity contribution in [1.29, 1.82) is 0 Å². The number of nitrogens with one attached hydrogen (secondary N) is 1. The van der Waals surface area contributed by atoms with Crippen molar-refractivity contribution < 1.29 is 4.79 Å². The first-order valence-corrected chi connectivity index (χ1v) is 11.0. The molecule has 1 amide bonds. The summed E-state index contributed by atoms with van der Waals surface area (Å²) in [5, 5.41) is 3.52. The number of hydrogen-bond acceptors (Lipinski definition) is 4. The summed E-state index contributed by atoms with van der Waals surface area (Å²) in [7, 11) is 0. The van der Waals surface area contributed by atoms with Gasteiger partial charge >= 0.3 is 0 Å². The third kappa shape index (κ3) is 5.55. The van der Waals surface area contributed by atoms with E-state index in [4.69, 9.17) is 0 Å². The van der Waals surface area contributed by atoms with Crippen molar-refractivity contribution in [3.63, 3.8) is 0 Å². The highest BCUT2D eigenvalue weighted by atomic mass is 79.9. The quantitative estimate of drug-likeness (QED) is 0.517. The highest BCUT2D eigenvalue weighted by Crippen LogP contribution is 2.15. The zero-order valence-electron chi connectivity index (χ0n) is 17.4. The van der Waals surface area contributed by atoms with Crippen LogP contribution in [0.4, 0.5) is 0 Å². The summed E-state index contributed by atoms with van der Waals surface area (Å²) in [5.74, 6) is -0.0890. The minimum atomic E-state index is -0.140. The Balaban J connectivity index is 1.60. The van der Waals surface area contributed by atoms with Crippen LogP contribution < -0.4 is 10.9 Å². The molecule has 3 rings (SSSR count). The van der Waals surface area contributed by atoms with E-state index in [1.165, 1.54) is 16.5 Å². The third-order valence-corrected chi connectivity index (χ3v) is 5.74. The number of hydrogen-bond donors (Lipinski definition) is 1. The van der Waals surface area contributed by atoms with Crippen molar-refractivity contribution in [2.24, 2.45) is 0 Å². The SMILES string of the molecule is CCN(CC)Cc1ccccc1CNC(=O)CCn1cnc2ccc(Br)cc2c1=O. The van der Waals surface area contributed by atoms with E-state index in [-0.39, 0.29) is 17.9 Å². The van der Waals surface area contributed by atoms with Gasteiger partial charge in [0.25, 0.3) is 5.56 Å². The summed E-state index contributed by atoms with van der Waals surface area (Å²) in [6.45, 7) is 7.92. The van der Waals surface area contributed by atoms with E-state index in [1.54, 1.807) is 12.1 Å². The van der Waals surface area contributed by atoms with E-state index < -0.39 is 0 Å². The van der Waals surface area contributed by atoms with E-state index in [2.05, 4.69) is 57.1 Å². The molecule has 1 heterocycles. The van der Waals surface area contributed by atoms with Gasteiger partial charge in [-0.15, -0.1) is 0 Å². The number of aryl methyl sites for hydroxylation is 1. The number of fused-ring (bicyclic) bond motifs is 1. The zero-order chi connectivity index (χ0) is 21.5. The van der Waals surface area contributed by atoms with Crippen LogP contribution in [0.5, 0.6) is 0 Å². The van der Waals surface area contributed by atoms with E-state index in [1.807, 2.05) is 18.2 Å². The Morgan fingerprint density at radius 3 is 2.60 bits per heavy atom. The molecule has 0 saturated heterocycles. The second-order valence-corrected chi connectivity index (χ2v) is 8.08. The molecular formula is C23H27BrN4O2. The molecule has 30 heavy (non-hydrogen) atoms. The molecule has 0 atom stereocenters.